The monoisotopic (exact) mass is 409 g/mol. The Morgan fingerprint density at radius 1 is 1.07 bits per heavy atom. The predicted molar refractivity (Wildman–Crippen MR) is 99.5 cm³/mol. The van der Waals surface area contributed by atoms with E-state index in [0.717, 1.165) is 17.6 Å². The zero-order valence-electron chi connectivity index (χ0n) is 14.3. The first-order chi connectivity index (χ1) is 12.9. The second-order valence-electron chi connectivity index (χ2n) is 6.35. The lowest BCUT2D eigenvalue weighted by Crippen LogP contribution is -2.48. The van der Waals surface area contributed by atoms with E-state index in [-0.39, 0.29) is 4.90 Å². The van der Waals surface area contributed by atoms with Gasteiger partial charge in [0.2, 0.25) is 15.9 Å². The van der Waals surface area contributed by atoms with E-state index in [0.29, 0.717) is 49.2 Å². The molecule has 1 saturated heterocycles. The topological polar surface area (TPSA) is 66.7 Å². The fraction of sp³-hybridized carbons (Fsp3) is 0.278. The number of piperazine rings is 1. The number of oxazole rings is 1. The third-order valence-corrected chi connectivity index (χ3v) is 6.68. The van der Waals surface area contributed by atoms with E-state index in [1.165, 1.54) is 16.4 Å². The van der Waals surface area contributed by atoms with Gasteiger partial charge in [0.15, 0.2) is 5.58 Å². The minimum Gasteiger partial charge on any atom is -0.439 e. The first-order valence-corrected chi connectivity index (χ1v) is 10.3. The van der Waals surface area contributed by atoms with Crippen LogP contribution < -0.4 is 0 Å². The summed E-state index contributed by atoms with van der Waals surface area (Å²) < 4.78 is 45.5. The molecule has 2 aromatic carbocycles. The Morgan fingerprint density at radius 2 is 1.78 bits per heavy atom. The lowest BCUT2D eigenvalue weighted by molar-refractivity contribution is 0.169. The second kappa shape index (κ2) is 7.20. The Hall–Kier alpha value is -2.00. The van der Waals surface area contributed by atoms with Gasteiger partial charge in [-0.3, -0.25) is 4.90 Å². The molecule has 27 heavy (non-hydrogen) atoms. The summed E-state index contributed by atoms with van der Waals surface area (Å²) in [6.07, 6.45) is 0. The Labute approximate surface area is 161 Å². The summed E-state index contributed by atoms with van der Waals surface area (Å²) in [6.45, 7) is 2.31. The van der Waals surface area contributed by atoms with Gasteiger partial charge < -0.3 is 4.42 Å². The van der Waals surface area contributed by atoms with Crippen molar-refractivity contribution < 1.29 is 17.2 Å². The average Bonchev–Trinajstić information content (AvgIpc) is 3.04. The molecule has 3 aromatic rings. The number of aromatic nitrogens is 1. The summed E-state index contributed by atoms with van der Waals surface area (Å²) in [6, 6.07) is 10.2. The summed E-state index contributed by atoms with van der Waals surface area (Å²) in [7, 11) is -3.61. The molecule has 1 aliphatic rings. The Morgan fingerprint density at radius 3 is 2.48 bits per heavy atom. The van der Waals surface area contributed by atoms with E-state index < -0.39 is 15.8 Å². The summed E-state index contributed by atoms with van der Waals surface area (Å²) >= 11 is 5.96. The first-order valence-electron chi connectivity index (χ1n) is 8.45. The number of hydrogen-bond donors (Lipinski definition) is 0. The maximum atomic E-state index is 13.0. The van der Waals surface area contributed by atoms with E-state index in [1.807, 2.05) is 0 Å². The maximum absolute atomic E-state index is 13.0. The summed E-state index contributed by atoms with van der Waals surface area (Å²) in [4.78, 5) is 6.63. The van der Waals surface area contributed by atoms with Gasteiger partial charge in [-0.05, 0) is 36.4 Å². The molecule has 1 fully saturated rings. The van der Waals surface area contributed by atoms with Gasteiger partial charge in [-0.2, -0.15) is 4.31 Å². The number of sulfonamides is 1. The number of fused-ring (bicyclic) bond motifs is 1. The molecule has 2 heterocycles. The molecule has 0 amide bonds. The first kappa shape index (κ1) is 18.4. The molecule has 0 atom stereocenters. The van der Waals surface area contributed by atoms with Gasteiger partial charge in [-0.25, -0.2) is 17.8 Å². The Bertz CT molecular complexity index is 1060. The van der Waals surface area contributed by atoms with Gasteiger partial charge in [0, 0.05) is 37.3 Å². The van der Waals surface area contributed by atoms with Gasteiger partial charge in [-0.15, -0.1) is 0 Å². The molecule has 1 aliphatic heterocycles. The molecule has 0 N–H and O–H groups in total. The van der Waals surface area contributed by atoms with Crippen LogP contribution in [0.25, 0.3) is 11.1 Å². The van der Waals surface area contributed by atoms with Crippen LogP contribution in [0, 0.1) is 5.82 Å². The van der Waals surface area contributed by atoms with Crippen LogP contribution >= 0.6 is 11.6 Å². The van der Waals surface area contributed by atoms with E-state index in [1.54, 1.807) is 18.2 Å². The molecule has 1 aromatic heterocycles. The van der Waals surface area contributed by atoms with Crippen LogP contribution in [-0.2, 0) is 16.6 Å². The molecule has 0 radical (unpaired) electrons. The van der Waals surface area contributed by atoms with Crippen LogP contribution in [0.5, 0.6) is 0 Å². The minimum absolute atomic E-state index is 0.105. The molecule has 0 aliphatic carbocycles. The van der Waals surface area contributed by atoms with Crippen molar-refractivity contribution in [2.24, 2.45) is 0 Å². The molecule has 0 bridgehead atoms. The Balaban J connectivity index is 1.41. The summed E-state index contributed by atoms with van der Waals surface area (Å²) in [5, 5.41) is 0.588. The highest BCUT2D eigenvalue weighted by molar-refractivity contribution is 7.89. The van der Waals surface area contributed by atoms with E-state index in [2.05, 4.69) is 9.88 Å². The number of hydrogen-bond acceptors (Lipinski definition) is 5. The lowest BCUT2D eigenvalue weighted by Gasteiger charge is -2.33. The molecule has 9 heteroatoms. The third kappa shape index (κ3) is 3.84. The number of benzene rings is 2. The number of rotatable bonds is 4. The van der Waals surface area contributed by atoms with Crippen molar-refractivity contribution in [3.05, 3.63) is 59.2 Å². The fourth-order valence-corrected chi connectivity index (χ4v) is 4.67. The van der Waals surface area contributed by atoms with Gasteiger partial charge in [0.05, 0.1) is 11.4 Å². The molecule has 6 nitrogen and oxygen atoms in total. The molecule has 0 unspecified atom stereocenters. The smallest absolute Gasteiger partial charge is 0.243 e. The number of halogens is 2. The number of nitrogens with zero attached hydrogens (tertiary/aromatic N) is 3. The predicted octanol–water partition coefficient (Wildman–Crippen LogP) is 3.13. The van der Waals surface area contributed by atoms with Crippen LogP contribution in [0.3, 0.4) is 0 Å². The molecule has 0 saturated carbocycles. The van der Waals surface area contributed by atoms with Crippen LogP contribution in [-0.4, -0.2) is 48.8 Å². The van der Waals surface area contributed by atoms with E-state index >= 15 is 0 Å². The zero-order chi connectivity index (χ0) is 19.0. The van der Waals surface area contributed by atoms with Crippen LogP contribution in [0.2, 0.25) is 5.02 Å². The Kier molecular flexibility index (Phi) is 4.90. The quantitative estimate of drug-likeness (QED) is 0.662. The highest BCUT2D eigenvalue weighted by Crippen LogP contribution is 2.22. The van der Waals surface area contributed by atoms with E-state index in [4.69, 9.17) is 16.0 Å². The van der Waals surface area contributed by atoms with Crippen molar-refractivity contribution in [2.75, 3.05) is 26.2 Å². The summed E-state index contributed by atoms with van der Waals surface area (Å²) in [5.74, 6) is 0.112. The maximum Gasteiger partial charge on any atom is 0.243 e. The van der Waals surface area contributed by atoms with Crippen LogP contribution in [0.4, 0.5) is 4.39 Å². The van der Waals surface area contributed by atoms with Crippen molar-refractivity contribution in [1.82, 2.24) is 14.2 Å². The molecule has 4 rings (SSSR count). The SMILES string of the molecule is O=S(=O)(c1ccc(F)cc1)N1CCN(Cc2nc3ccc(Cl)cc3o2)CC1. The average molecular weight is 410 g/mol. The normalized spacial score (nSPS) is 16.8. The lowest BCUT2D eigenvalue weighted by atomic mass is 10.3. The van der Waals surface area contributed by atoms with Crippen LogP contribution in [0.1, 0.15) is 5.89 Å². The largest absolute Gasteiger partial charge is 0.439 e. The van der Waals surface area contributed by atoms with Crippen LogP contribution in [0.15, 0.2) is 51.8 Å². The molecular weight excluding hydrogens is 393 g/mol. The van der Waals surface area contributed by atoms with Crippen molar-refractivity contribution in [2.45, 2.75) is 11.4 Å². The van der Waals surface area contributed by atoms with Crippen molar-refractivity contribution >= 4 is 32.7 Å². The van der Waals surface area contributed by atoms with Gasteiger partial charge >= 0.3 is 0 Å². The zero-order valence-corrected chi connectivity index (χ0v) is 15.9. The van der Waals surface area contributed by atoms with Gasteiger partial charge in [0.1, 0.15) is 11.3 Å². The van der Waals surface area contributed by atoms with Crippen molar-refractivity contribution in [3.8, 4) is 0 Å². The second-order valence-corrected chi connectivity index (χ2v) is 8.73. The third-order valence-electron chi connectivity index (χ3n) is 4.54. The van der Waals surface area contributed by atoms with Crippen molar-refractivity contribution in [1.29, 1.82) is 0 Å². The van der Waals surface area contributed by atoms with Gasteiger partial charge in [0.25, 0.3) is 0 Å². The molecular formula is C18H17ClFN3O3S. The fourth-order valence-electron chi connectivity index (χ4n) is 3.09. The highest BCUT2D eigenvalue weighted by atomic mass is 35.5. The van der Waals surface area contributed by atoms with Crippen molar-refractivity contribution in [3.63, 3.8) is 0 Å². The van der Waals surface area contributed by atoms with E-state index in [9.17, 15) is 12.8 Å². The highest BCUT2D eigenvalue weighted by Gasteiger charge is 2.29. The molecule has 142 valence electrons. The minimum atomic E-state index is -3.61. The summed E-state index contributed by atoms with van der Waals surface area (Å²) in [5.41, 5.74) is 1.38. The molecule has 0 spiro atoms. The van der Waals surface area contributed by atoms with Gasteiger partial charge in [-0.1, -0.05) is 11.6 Å². The standard InChI is InChI=1S/C18H17ClFN3O3S/c19-13-1-6-16-17(11-13)26-18(21-16)12-22-7-9-23(10-8-22)27(24,25)15-4-2-14(20)3-5-15/h1-6,11H,7-10,12H2.